The molecule has 19 heavy (non-hydrogen) atoms. The van der Waals surface area contributed by atoms with E-state index in [9.17, 15) is 4.79 Å². The number of hydrogen-bond donors (Lipinski definition) is 1. The lowest BCUT2D eigenvalue weighted by atomic mass is 10.2. The standard InChI is InChI=1S/C11H17NO.C3H6O.C2H6/c1-9(2)12-11-6-4-5-10(7-11)8-13-3;1-2-3-4;1-2/h4-7,9,12H,8H2,1-3H3;3H,2H2,1H3;1-2H3. The summed E-state index contributed by atoms with van der Waals surface area (Å²) in [5.41, 5.74) is 2.36. The van der Waals surface area contributed by atoms with Crippen molar-refractivity contribution in [1.29, 1.82) is 0 Å². The Kier molecular flexibility index (Phi) is 15.5. The molecule has 0 radical (unpaired) electrons. The van der Waals surface area contributed by atoms with Crippen molar-refractivity contribution in [3.05, 3.63) is 29.8 Å². The lowest BCUT2D eigenvalue weighted by Crippen LogP contribution is -2.09. The van der Waals surface area contributed by atoms with E-state index in [-0.39, 0.29) is 0 Å². The predicted octanol–water partition coefficient (Wildman–Crippen LogP) is 4.27. The van der Waals surface area contributed by atoms with Crippen LogP contribution < -0.4 is 5.32 Å². The second kappa shape index (κ2) is 14.7. The van der Waals surface area contributed by atoms with Gasteiger partial charge in [0.15, 0.2) is 0 Å². The van der Waals surface area contributed by atoms with Gasteiger partial charge in [-0.3, -0.25) is 0 Å². The molecule has 0 aliphatic carbocycles. The first-order valence-electron chi connectivity index (χ1n) is 6.92. The lowest BCUT2D eigenvalue weighted by molar-refractivity contribution is -0.107. The van der Waals surface area contributed by atoms with Crippen molar-refractivity contribution in [1.82, 2.24) is 0 Å². The van der Waals surface area contributed by atoms with Crippen LogP contribution in [0.15, 0.2) is 24.3 Å². The van der Waals surface area contributed by atoms with E-state index in [4.69, 9.17) is 4.74 Å². The number of anilines is 1. The van der Waals surface area contributed by atoms with Crippen LogP contribution in [0.5, 0.6) is 0 Å². The van der Waals surface area contributed by atoms with Crippen molar-refractivity contribution in [2.45, 2.75) is 53.7 Å². The van der Waals surface area contributed by atoms with Gasteiger partial charge in [0.2, 0.25) is 0 Å². The molecule has 0 saturated carbocycles. The summed E-state index contributed by atoms with van der Waals surface area (Å²) in [4.78, 5) is 9.17. The van der Waals surface area contributed by atoms with E-state index in [1.54, 1.807) is 7.11 Å². The lowest BCUT2D eigenvalue weighted by Gasteiger charge is -2.10. The molecule has 0 aliphatic rings. The Morgan fingerprint density at radius 3 is 2.32 bits per heavy atom. The molecule has 110 valence electrons. The molecule has 0 heterocycles. The molecule has 0 bridgehead atoms. The Balaban J connectivity index is 0. The van der Waals surface area contributed by atoms with Gasteiger partial charge >= 0.3 is 0 Å². The number of carbonyl (C=O) groups is 1. The van der Waals surface area contributed by atoms with Gasteiger partial charge in [-0.25, -0.2) is 0 Å². The van der Waals surface area contributed by atoms with Crippen molar-refractivity contribution in [3.63, 3.8) is 0 Å². The molecule has 0 unspecified atom stereocenters. The molecule has 0 spiro atoms. The predicted molar refractivity (Wildman–Crippen MR) is 83.6 cm³/mol. The summed E-state index contributed by atoms with van der Waals surface area (Å²) >= 11 is 0. The van der Waals surface area contributed by atoms with Gasteiger partial charge in [-0.15, -0.1) is 0 Å². The van der Waals surface area contributed by atoms with E-state index in [0.717, 1.165) is 12.0 Å². The van der Waals surface area contributed by atoms with Crippen molar-refractivity contribution < 1.29 is 9.53 Å². The third kappa shape index (κ3) is 12.9. The first-order chi connectivity index (χ1) is 9.13. The monoisotopic (exact) mass is 267 g/mol. The fourth-order valence-corrected chi connectivity index (χ4v) is 1.25. The summed E-state index contributed by atoms with van der Waals surface area (Å²) in [6.45, 7) is 10.7. The summed E-state index contributed by atoms with van der Waals surface area (Å²) < 4.78 is 5.06. The molecule has 0 atom stereocenters. The van der Waals surface area contributed by atoms with Gasteiger partial charge in [0.1, 0.15) is 6.29 Å². The van der Waals surface area contributed by atoms with Crippen molar-refractivity contribution in [2.75, 3.05) is 12.4 Å². The number of ether oxygens (including phenoxy) is 1. The van der Waals surface area contributed by atoms with Gasteiger partial charge in [-0.2, -0.15) is 0 Å². The molecule has 1 N–H and O–H groups in total. The van der Waals surface area contributed by atoms with Crippen LogP contribution in [0.1, 0.15) is 46.6 Å². The summed E-state index contributed by atoms with van der Waals surface area (Å²) in [5, 5.41) is 3.35. The van der Waals surface area contributed by atoms with Crippen molar-refractivity contribution in [3.8, 4) is 0 Å². The maximum absolute atomic E-state index is 9.17. The van der Waals surface area contributed by atoms with Crippen LogP contribution in [0.2, 0.25) is 0 Å². The molecule has 3 nitrogen and oxygen atoms in total. The topological polar surface area (TPSA) is 38.3 Å². The Labute approximate surface area is 118 Å². The fraction of sp³-hybridized carbons (Fsp3) is 0.562. The van der Waals surface area contributed by atoms with Crippen LogP contribution in [0.25, 0.3) is 0 Å². The summed E-state index contributed by atoms with van der Waals surface area (Å²) in [7, 11) is 1.71. The molecule has 1 aromatic rings. The quantitative estimate of drug-likeness (QED) is 0.809. The van der Waals surface area contributed by atoms with Crippen LogP contribution in [-0.2, 0) is 16.1 Å². The molecule has 1 rings (SSSR count). The van der Waals surface area contributed by atoms with Crippen molar-refractivity contribution in [2.24, 2.45) is 0 Å². The summed E-state index contributed by atoms with van der Waals surface area (Å²) in [6, 6.07) is 8.76. The zero-order chi connectivity index (χ0) is 15.1. The Morgan fingerprint density at radius 2 is 1.89 bits per heavy atom. The minimum absolute atomic E-state index is 0.470. The maximum atomic E-state index is 9.17. The number of nitrogens with one attached hydrogen (secondary N) is 1. The highest BCUT2D eigenvalue weighted by Crippen LogP contribution is 2.12. The van der Waals surface area contributed by atoms with Gasteiger partial charge in [-0.1, -0.05) is 32.9 Å². The van der Waals surface area contributed by atoms with Crippen LogP contribution in [0.4, 0.5) is 5.69 Å². The van der Waals surface area contributed by atoms with Gasteiger partial charge in [-0.05, 0) is 31.5 Å². The third-order valence-corrected chi connectivity index (χ3v) is 1.86. The van der Waals surface area contributed by atoms with E-state index in [0.29, 0.717) is 19.1 Å². The zero-order valence-electron chi connectivity index (χ0n) is 13.2. The summed E-state index contributed by atoms with van der Waals surface area (Å²) in [5.74, 6) is 0. The zero-order valence-corrected chi connectivity index (χ0v) is 13.2. The molecular weight excluding hydrogens is 238 g/mol. The van der Waals surface area contributed by atoms with Crippen LogP contribution in [0.3, 0.4) is 0 Å². The molecule has 3 heteroatoms. The van der Waals surface area contributed by atoms with Gasteiger partial charge in [0.05, 0.1) is 6.61 Å². The van der Waals surface area contributed by atoms with Gasteiger partial charge in [0.25, 0.3) is 0 Å². The van der Waals surface area contributed by atoms with Crippen LogP contribution in [-0.4, -0.2) is 19.4 Å². The highest BCUT2D eigenvalue weighted by Gasteiger charge is 1.96. The molecule has 0 aliphatic heterocycles. The molecule has 1 aromatic carbocycles. The van der Waals surface area contributed by atoms with Gasteiger partial charge in [0, 0.05) is 25.3 Å². The van der Waals surface area contributed by atoms with E-state index in [1.165, 1.54) is 5.56 Å². The molecule has 0 amide bonds. The molecule has 0 saturated heterocycles. The Bertz CT molecular complexity index is 311. The van der Waals surface area contributed by atoms with Gasteiger partial charge < -0.3 is 14.8 Å². The second-order valence-corrected chi connectivity index (χ2v) is 4.01. The number of methoxy groups -OCH3 is 1. The first-order valence-corrected chi connectivity index (χ1v) is 6.92. The number of rotatable bonds is 5. The average Bonchev–Trinajstić information content (AvgIpc) is 2.41. The Morgan fingerprint density at radius 1 is 1.32 bits per heavy atom. The van der Waals surface area contributed by atoms with E-state index < -0.39 is 0 Å². The third-order valence-electron chi connectivity index (χ3n) is 1.86. The highest BCUT2D eigenvalue weighted by atomic mass is 16.5. The highest BCUT2D eigenvalue weighted by molar-refractivity contribution is 5.48. The molecule has 0 fully saturated rings. The van der Waals surface area contributed by atoms with Crippen LogP contribution in [0, 0.1) is 0 Å². The van der Waals surface area contributed by atoms with E-state index >= 15 is 0 Å². The van der Waals surface area contributed by atoms with E-state index in [2.05, 4.69) is 37.4 Å². The van der Waals surface area contributed by atoms with E-state index in [1.807, 2.05) is 26.8 Å². The first kappa shape index (κ1) is 20.0. The average molecular weight is 267 g/mol. The second-order valence-electron chi connectivity index (χ2n) is 4.01. The largest absolute Gasteiger partial charge is 0.383 e. The number of benzene rings is 1. The molecular formula is C16H29NO2. The number of carbonyl (C=O) groups excluding carboxylic acids is 1. The molecule has 0 aromatic heterocycles. The fourth-order valence-electron chi connectivity index (χ4n) is 1.25. The normalized spacial score (nSPS) is 8.79. The minimum Gasteiger partial charge on any atom is -0.383 e. The summed E-state index contributed by atoms with van der Waals surface area (Å²) in [6.07, 6.45) is 1.51. The number of hydrogen-bond acceptors (Lipinski definition) is 3. The van der Waals surface area contributed by atoms with Crippen molar-refractivity contribution >= 4 is 12.0 Å². The minimum atomic E-state index is 0.470. The maximum Gasteiger partial charge on any atom is 0.119 e. The number of aldehydes is 1. The SMILES string of the molecule is CC.CCC=O.COCc1cccc(NC(C)C)c1. The smallest absolute Gasteiger partial charge is 0.119 e. The van der Waals surface area contributed by atoms with Crippen LogP contribution >= 0.6 is 0 Å². The Hall–Kier alpha value is -1.35.